The normalized spacial score (nSPS) is 16.0. The van der Waals surface area contributed by atoms with Crippen LogP contribution in [0.25, 0.3) is 6.08 Å². The summed E-state index contributed by atoms with van der Waals surface area (Å²) >= 11 is 8.22. The molecule has 25 heavy (non-hydrogen) atoms. The van der Waals surface area contributed by atoms with Crippen LogP contribution < -0.4 is 10.1 Å². The van der Waals surface area contributed by atoms with Gasteiger partial charge in [0, 0.05) is 7.05 Å². The zero-order chi connectivity index (χ0) is 18.6. The molecule has 0 unspecified atom stereocenters. The monoisotopic (exact) mass is 426 g/mol. The third-order valence-electron chi connectivity index (χ3n) is 3.22. The van der Waals surface area contributed by atoms with Crippen LogP contribution in [0.2, 0.25) is 0 Å². The summed E-state index contributed by atoms with van der Waals surface area (Å²) in [4.78, 5) is 36.6. The number of amides is 2. The maximum absolute atomic E-state index is 12.2. The van der Waals surface area contributed by atoms with E-state index < -0.39 is 17.8 Å². The van der Waals surface area contributed by atoms with E-state index in [1.807, 2.05) is 0 Å². The fourth-order valence-electron chi connectivity index (χ4n) is 1.98. The number of halogens is 1. The van der Waals surface area contributed by atoms with E-state index in [1.165, 1.54) is 18.0 Å². The van der Waals surface area contributed by atoms with Crippen molar-refractivity contribution >= 4 is 57.1 Å². The maximum atomic E-state index is 12.2. The van der Waals surface area contributed by atoms with Crippen LogP contribution in [-0.2, 0) is 19.1 Å². The van der Waals surface area contributed by atoms with Crippen LogP contribution in [0.15, 0.2) is 28.2 Å². The molecule has 0 bridgehead atoms. The molecular weight excluding hydrogens is 412 g/mol. The second kappa shape index (κ2) is 8.21. The molecule has 1 N–H and O–H groups in total. The Bertz CT molecular complexity index is 778. The number of nitrogens with zero attached hydrogens (tertiary/aromatic N) is 1. The minimum Gasteiger partial charge on any atom is -0.481 e. The molecule has 0 aliphatic carbocycles. The number of carbonyl (C=O) groups is 3. The third-order valence-corrected chi connectivity index (χ3v) is 4.22. The lowest BCUT2D eigenvalue weighted by molar-refractivity contribution is -0.145. The van der Waals surface area contributed by atoms with E-state index in [0.717, 1.165) is 0 Å². The molecule has 132 valence electrons. The van der Waals surface area contributed by atoms with Gasteiger partial charge in [-0.15, -0.1) is 0 Å². The minimum absolute atomic E-state index is 0.0248. The van der Waals surface area contributed by atoms with Crippen molar-refractivity contribution in [3.8, 4) is 5.75 Å². The lowest BCUT2D eigenvalue weighted by Crippen LogP contribution is -2.52. The molecule has 9 heteroatoms. The van der Waals surface area contributed by atoms with Crippen molar-refractivity contribution in [1.29, 1.82) is 0 Å². The second-order valence-corrected chi connectivity index (χ2v) is 6.21. The molecule has 0 aromatic heterocycles. The molecule has 1 aromatic rings. The fraction of sp³-hybridized carbons (Fsp3) is 0.250. The third kappa shape index (κ3) is 4.64. The molecule has 1 aliphatic rings. The van der Waals surface area contributed by atoms with Gasteiger partial charge in [0.15, 0.2) is 11.7 Å². The van der Waals surface area contributed by atoms with E-state index in [0.29, 0.717) is 15.8 Å². The number of ether oxygens (including phenoxy) is 2. The van der Waals surface area contributed by atoms with Crippen LogP contribution in [0, 0.1) is 0 Å². The molecule has 2 rings (SSSR count). The predicted octanol–water partition coefficient (Wildman–Crippen LogP) is 1.65. The molecule has 0 saturated carbocycles. The van der Waals surface area contributed by atoms with Gasteiger partial charge in [-0.25, -0.2) is 4.79 Å². The number of nitrogens with one attached hydrogen (secondary N) is 1. The smallest absolute Gasteiger partial charge is 0.344 e. The molecule has 0 spiro atoms. The number of rotatable bonds is 5. The van der Waals surface area contributed by atoms with E-state index in [4.69, 9.17) is 21.7 Å². The van der Waals surface area contributed by atoms with E-state index in [-0.39, 0.29) is 23.9 Å². The Morgan fingerprint density at radius 1 is 1.40 bits per heavy atom. The quantitative estimate of drug-likeness (QED) is 0.333. The van der Waals surface area contributed by atoms with Gasteiger partial charge in [-0.2, -0.15) is 0 Å². The van der Waals surface area contributed by atoms with E-state index in [2.05, 4.69) is 21.2 Å². The summed E-state index contributed by atoms with van der Waals surface area (Å²) in [6, 6.07) is 4.95. The number of carbonyl (C=O) groups excluding carboxylic acids is 3. The van der Waals surface area contributed by atoms with Gasteiger partial charge in [0.1, 0.15) is 11.3 Å². The lowest BCUT2D eigenvalue weighted by Gasteiger charge is -2.25. The summed E-state index contributed by atoms with van der Waals surface area (Å²) in [6.07, 6.45) is 1.45. The Morgan fingerprint density at radius 2 is 2.12 bits per heavy atom. The van der Waals surface area contributed by atoms with Crippen molar-refractivity contribution in [3.05, 3.63) is 33.8 Å². The van der Waals surface area contributed by atoms with Crippen molar-refractivity contribution in [2.45, 2.75) is 6.92 Å². The summed E-state index contributed by atoms with van der Waals surface area (Å²) in [5.74, 6) is -1.06. The second-order valence-electron chi connectivity index (χ2n) is 4.97. The van der Waals surface area contributed by atoms with Gasteiger partial charge in [-0.05, 0) is 58.8 Å². The first-order valence-corrected chi connectivity index (χ1v) is 8.46. The average molecular weight is 427 g/mol. The summed E-state index contributed by atoms with van der Waals surface area (Å²) in [5.41, 5.74) is 0.582. The molecule has 1 aliphatic heterocycles. The minimum atomic E-state index is -0.549. The Kier molecular flexibility index (Phi) is 6.27. The van der Waals surface area contributed by atoms with Crippen LogP contribution in [0.4, 0.5) is 0 Å². The summed E-state index contributed by atoms with van der Waals surface area (Å²) < 4.78 is 10.7. The van der Waals surface area contributed by atoms with Crippen LogP contribution in [0.1, 0.15) is 12.5 Å². The zero-order valence-electron chi connectivity index (χ0n) is 13.5. The van der Waals surface area contributed by atoms with Crippen LogP contribution >= 0.6 is 28.1 Å². The highest BCUT2D eigenvalue weighted by Gasteiger charge is 2.30. The molecule has 0 atom stereocenters. The zero-order valence-corrected chi connectivity index (χ0v) is 15.9. The average Bonchev–Trinajstić information content (AvgIpc) is 2.56. The topological polar surface area (TPSA) is 84.9 Å². The maximum Gasteiger partial charge on any atom is 0.344 e. The Morgan fingerprint density at radius 3 is 2.76 bits per heavy atom. The number of hydrogen-bond donors (Lipinski definition) is 1. The molecule has 1 fully saturated rings. The van der Waals surface area contributed by atoms with Gasteiger partial charge in [0.25, 0.3) is 11.8 Å². The van der Waals surface area contributed by atoms with E-state index >= 15 is 0 Å². The first-order chi connectivity index (χ1) is 11.8. The predicted molar refractivity (Wildman–Crippen MR) is 97.8 cm³/mol. The van der Waals surface area contributed by atoms with E-state index in [9.17, 15) is 14.4 Å². The number of esters is 1. The SMILES string of the molecule is CCOC(=O)COc1ccc(C=C2C(=O)NC(=S)N(C)C2=O)cc1Br. The molecule has 0 radical (unpaired) electrons. The van der Waals surface area contributed by atoms with Crippen molar-refractivity contribution < 1.29 is 23.9 Å². The standard InChI is InChI=1S/C16H15BrN2O5S/c1-3-23-13(20)8-24-12-5-4-9(7-11(12)17)6-10-14(21)18-16(25)19(2)15(10)22/h4-7H,3,8H2,1-2H3,(H,18,21,25). The first-order valence-electron chi connectivity index (χ1n) is 7.26. The molecule has 2 amide bonds. The fourth-order valence-corrected chi connectivity index (χ4v) is 2.66. The van der Waals surface area contributed by atoms with Crippen molar-refractivity contribution in [1.82, 2.24) is 10.2 Å². The molecule has 1 aromatic carbocycles. The summed E-state index contributed by atoms with van der Waals surface area (Å²) in [6.45, 7) is 1.78. The lowest BCUT2D eigenvalue weighted by atomic mass is 10.1. The van der Waals surface area contributed by atoms with Crippen molar-refractivity contribution in [2.75, 3.05) is 20.3 Å². The van der Waals surface area contributed by atoms with Gasteiger partial charge >= 0.3 is 5.97 Å². The van der Waals surface area contributed by atoms with Gasteiger partial charge in [-0.1, -0.05) is 6.07 Å². The number of benzene rings is 1. The Hall–Kier alpha value is -2.26. The molecule has 1 heterocycles. The molecule has 7 nitrogen and oxygen atoms in total. The van der Waals surface area contributed by atoms with Gasteiger partial charge in [-0.3, -0.25) is 19.8 Å². The van der Waals surface area contributed by atoms with Crippen LogP contribution in [0.3, 0.4) is 0 Å². The number of likely N-dealkylation sites (N-methyl/N-ethyl adjacent to an activating group) is 1. The van der Waals surface area contributed by atoms with Crippen molar-refractivity contribution in [2.24, 2.45) is 0 Å². The number of hydrogen-bond acceptors (Lipinski definition) is 6. The van der Waals surface area contributed by atoms with Gasteiger partial charge in [0.05, 0.1) is 11.1 Å². The highest BCUT2D eigenvalue weighted by atomic mass is 79.9. The molecular formula is C16H15BrN2O5S. The Balaban J connectivity index is 2.17. The number of thiocarbonyl (C=S) groups is 1. The first kappa shape index (κ1) is 19.1. The van der Waals surface area contributed by atoms with E-state index in [1.54, 1.807) is 25.1 Å². The molecule has 1 saturated heterocycles. The van der Waals surface area contributed by atoms with Gasteiger partial charge in [0.2, 0.25) is 0 Å². The van der Waals surface area contributed by atoms with Gasteiger partial charge < -0.3 is 9.47 Å². The van der Waals surface area contributed by atoms with Crippen molar-refractivity contribution in [3.63, 3.8) is 0 Å². The highest BCUT2D eigenvalue weighted by molar-refractivity contribution is 9.10. The summed E-state index contributed by atoms with van der Waals surface area (Å²) in [5, 5.41) is 2.51. The summed E-state index contributed by atoms with van der Waals surface area (Å²) in [7, 11) is 1.49. The van der Waals surface area contributed by atoms with Crippen LogP contribution in [0.5, 0.6) is 5.75 Å². The Labute approximate surface area is 158 Å². The highest BCUT2D eigenvalue weighted by Crippen LogP contribution is 2.27. The largest absolute Gasteiger partial charge is 0.481 e. The van der Waals surface area contributed by atoms with Crippen LogP contribution in [-0.4, -0.2) is 48.1 Å².